The van der Waals surface area contributed by atoms with E-state index in [0.29, 0.717) is 6.61 Å². The number of hydrogen-bond donors (Lipinski definition) is 0. The van der Waals surface area contributed by atoms with Crippen molar-refractivity contribution >= 4 is 17.3 Å². The van der Waals surface area contributed by atoms with Crippen LogP contribution in [-0.4, -0.2) is 12.6 Å². The molecule has 1 aromatic heterocycles. The summed E-state index contributed by atoms with van der Waals surface area (Å²) in [5.74, 6) is -0.152. The number of carbonyl (C=O) groups is 1. The lowest BCUT2D eigenvalue weighted by Gasteiger charge is -2.12. The van der Waals surface area contributed by atoms with Crippen LogP contribution in [0, 0.1) is 0 Å². The van der Waals surface area contributed by atoms with Crippen molar-refractivity contribution in [3.63, 3.8) is 0 Å². The van der Waals surface area contributed by atoms with Crippen LogP contribution in [0.1, 0.15) is 39.2 Å². The molecule has 0 atom stereocenters. The molecule has 0 saturated heterocycles. The highest BCUT2D eigenvalue weighted by atomic mass is 32.1. The molecular weight excluding hydrogens is 268 g/mol. The number of aryl methyl sites for hydroxylation is 1. The Morgan fingerprint density at radius 2 is 1.95 bits per heavy atom. The van der Waals surface area contributed by atoms with Gasteiger partial charge in [-0.05, 0) is 36.8 Å². The van der Waals surface area contributed by atoms with Gasteiger partial charge in [-0.15, -0.1) is 11.3 Å². The molecule has 1 aliphatic carbocycles. The topological polar surface area (TPSA) is 26.3 Å². The molecule has 20 heavy (non-hydrogen) atoms. The van der Waals surface area contributed by atoms with Crippen molar-refractivity contribution in [3.05, 3.63) is 57.3 Å². The summed E-state index contributed by atoms with van der Waals surface area (Å²) in [6.45, 7) is 0.452. The normalized spacial score (nSPS) is 13.8. The third-order valence-electron chi connectivity index (χ3n) is 3.75. The molecule has 0 radical (unpaired) electrons. The molecule has 0 aliphatic heterocycles. The second-order valence-electron chi connectivity index (χ2n) is 5.13. The maximum absolute atomic E-state index is 12.2. The number of benzene rings is 1. The zero-order valence-electron chi connectivity index (χ0n) is 11.4. The number of ether oxygens (including phenoxy) is 1. The number of carbonyl (C=O) groups excluding carboxylic acids is 1. The van der Waals surface area contributed by atoms with Gasteiger partial charge in [0.05, 0.1) is 12.2 Å². The molecule has 0 unspecified atom stereocenters. The second-order valence-corrected chi connectivity index (χ2v) is 6.09. The zero-order chi connectivity index (χ0) is 13.8. The Hall–Kier alpha value is -1.61. The Kier molecular flexibility index (Phi) is 4.16. The SMILES string of the molecule is O=C(OCCc1ccccc1)c1csc2c1CCCC2. The van der Waals surface area contributed by atoms with Crippen molar-refractivity contribution < 1.29 is 9.53 Å². The van der Waals surface area contributed by atoms with E-state index in [0.717, 1.165) is 24.8 Å². The maximum Gasteiger partial charge on any atom is 0.339 e. The standard InChI is InChI=1S/C17H18O2S/c18-17(19-11-10-13-6-2-1-3-7-13)15-12-20-16-9-5-4-8-14(15)16/h1-3,6-7,12H,4-5,8-11H2. The number of thiophene rings is 1. The number of hydrogen-bond acceptors (Lipinski definition) is 3. The van der Waals surface area contributed by atoms with Gasteiger partial charge in [-0.2, -0.15) is 0 Å². The van der Waals surface area contributed by atoms with Crippen LogP contribution in [0.2, 0.25) is 0 Å². The summed E-state index contributed by atoms with van der Waals surface area (Å²) in [5.41, 5.74) is 3.25. The van der Waals surface area contributed by atoms with Crippen LogP contribution in [0.25, 0.3) is 0 Å². The van der Waals surface area contributed by atoms with E-state index in [9.17, 15) is 4.79 Å². The fraction of sp³-hybridized carbons (Fsp3) is 0.353. The van der Waals surface area contributed by atoms with Gasteiger partial charge in [0.2, 0.25) is 0 Å². The van der Waals surface area contributed by atoms with E-state index in [1.807, 2.05) is 23.6 Å². The molecule has 0 bridgehead atoms. The molecule has 3 rings (SSSR count). The van der Waals surface area contributed by atoms with Crippen LogP contribution in [0.15, 0.2) is 35.7 Å². The number of esters is 1. The van der Waals surface area contributed by atoms with Crippen molar-refractivity contribution in [3.8, 4) is 0 Å². The van der Waals surface area contributed by atoms with Crippen LogP contribution >= 0.6 is 11.3 Å². The number of rotatable bonds is 4. The summed E-state index contributed by atoms with van der Waals surface area (Å²) in [4.78, 5) is 13.5. The Morgan fingerprint density at radius 3 is 2.80 bits per heavy atom. The van der Waals surface area contributed by atoms with Crippen molar-refractivity contribution in [2.24, 2.45) is 0 Å². The predicted octanol–water partition coefficient (Wildman–Crippen LogP) is 4.03. The van der Waals surface area contributed by atoms with E-state index in [1.54, 1.807) is 11.3 Å². The first-order chi connectivity index (χ1) is 9.84. The number of fused-ring (bicyclic) bond motifs is 1. The molecule has 1 aliphatic rings. The summed E-state index contributed by atoms with van der Waals surface area (Å²) in [6.07, 6.45) is 5.36. The van der Waals surface area contributed by atoms with Gasteiger partial charge in [0.1, 0.15) is 0 Å². The monoisotopic (exact) mass is 286 g/mol. The third kappa shape index (κ3) is 2.93. The smallest absolute Gasteiger partial charge is 0.339 e. The maximum atomic E-state index is 12.2. The summed E-state index contributed by atoms with van der Waals surface area (Å²) >= 11 is 1.71. The lowest BCUT2D eigenvalue weighted by Crippen LogP contribution is -2.11. The Morgan fingerprint density at radius 1 is 1.15 bits per heavy atom. The first-order valence-electron chi connectivity index (χ1n) is 7.15. The molecule has 0 spiro atoms. The molecule has 2 nitrogen and oxygen atoms in total. The lowest BCUT2D eigenvalue weighted by atomic mass is 9.96. The average molecular weight is 286 g/mol. The molecule has 1 aromatic carbocycles. The highest BCUT2D eigenvalue weighted by molar-refractivity contribution is 7.10. The molecular formula is C17H18O2S. The second kappa shape index (κ2) is 6.23. The van der Waals surface area contributed by atoms with E-state index in [4.69, 9.17) is 4.74 Å². The van der Waals surface area contributed by atoms with Gasteiger partial charge in [-0.3, -0.25) is 0 Å². The molecule has 104 valence electrons. The fourth-order valence-electron chi connectivity index (χ4n) is 2.65. The predicted molar refractivity (Wildman–Crippen MR) is 81.4 cm³/mol. The molecule has 2 aromatic rings. The van der Waals surface area contributed by atoms with Gasteiger partial charge >= 0.3 is 5.97 Å². The summed E-state index contributed by atoms with van der Waals surface area (Å²) in [6, 6.07) is 10.1. The molecule has 0 amide bonds. The van der Waals surface area contributed by atoms with Gasteiger partial charge in [0.25, 0.3) is 0 Å². The average Bonchev–Trinajstić information content (AvgIpc) is 2.92. The minimum Gasteiger partial charge on any atom is -0.462 e. The van der Waals surface area contributed by atoms with Crippen LogP contribution in [0.3, 0.4) is 0 Å². The van der Waals surface area contributed by atoms with E-state index in [1.165, 1.54) is 28.8 Å². The Balaban J connectivity index is 1.58. The largest absolute Gasteiger partial charge is 0.462 e. The summed E-state index contributed by atoms with van der Waals surface area (Å²) < 4.78 is 5.42. The van der Waals surface area contributed by atoms with Crippen molar-refractivity contribution in [2.45, 2.75) is 32.1 Å². The quantitative estimate of drug-likeness (QED) is 0.793. The molecule has 3 heteroatoms. The van der Waals surface area contributed by atoms with E-state index < -0.39 is 0 Å². The highest BCUT2D eigenvalue weighted by Crippen LogP contribution is 2.30. The van der Waals surface area contributed by atoms with Crippen LogP contribution in [0.5, 0.6) is 0 Å². The van der Waals surface area contributed by atoms with Crippen molar-refractivity contribution in [1.29, 1.82) is 0 Å². The first-order valence-corrected chi connectivity index (χ1v) is 8.03. The van der Waals surface area contributed by atoms with E-state index in [-0.39, 0.29) is 5.97 Å². The molecule has 0 fully saturated rings. The first kappa shape index (κ1) is 13.4. The van der Waals surface area contributed by atoms with Gasteiger partial charge in [0.15, 0.2) is 0 Å². The van der Waals surface area contributed by atoms with Crippen molar-refractivity contribution in [1.82, 2.24) is 0 Å². The van der Waals surface area contributed by atoms with Crippen LogP contribution in [0.4, 0.5) is 0 Å². The van der Waals surface area contributed by atoms with Crippen LogP contribution in [-0.2, 0) is 24.0 Å². The van der Waals surface area contributed by atoms with E-state index >= 15 is 0 Å². The molecule has 1 heterocycles. The zero-order valence-corrected chi connectivity index (χ0v) is 12.2. The molecule has 0 saturated carbocycles. The Labute approximate surface area is 123 Å². The van der Waals surface area contributed by atoms with Gasteiger partial charge < -0.3 is 4.74 Å². The summed E-state index contributed by atoms with van der Waals surface area (Å²) in [5, 5.41) is 1.97. The van der Waals surface area contributed by atoms with E-state index in [2.05, 4.69) is 12.1 Å². The minimum atomic E-state index is -0.152. The van der Waals surface area contributed by atoms with Gasteiger partial charge in [-0.1, -0.05) is 30.3 Å². The van der Waals surface area contributed by atoms with Gasteiger partial charge in [0, 0.05) is 16.7 Å². The highest BCUT2D eigenvalue weighted by Gasteiger charge is 2.20. The third-order valence-corrected chi connectivity index (χ3v) is 4.84. The van der Waals surface area contributed by atoms with Crippen molar-refractivity contribution in [2.75, 3.05) is 6.61 Å². The summed E-state index contributed by atoms with van der Waals surface area (Å²) in [7, 11) is 0. The van der Waals surface area contributed by atoms with Gasteiger partial charge in [-0.25, -0.2) is 4.79 Å². The fourth-order valence-corrected chi connectivity index (χ4v) is 3.76. The molecule has 0 N–H and O–H groups in total. The Bertz CT molecular complexity index is 586. The van der Waals surface area contributed by atoms with Crippen LogP contribution < -0.4 is 0 Å². The lowest BCUT2D eigenvalue weighted by molar-refractivity contribution is 0.0508. The minimum absolute atomic E-state index is 0.152.